The van der Waals surface area contributed by atoms with Gasteiger partial charge in [0.25, 0.3) is 0 Å². The van der Waals surface area contributed by atoms with Crippen molar-refractivity contribution in [2.24, 2.45) is 52.1 Å². The van der Waals surface area contributed by atoms with Crippen LogP contribution in [-0.2, 0) is 4.79 Å². The molecule has 0 aromatic heterocycles. The van der Waals surface area contributed by atoms with Crippen molar-refractivity contribution in [2.75, 3.05) is 39.3 Å². The number of nitrogens with two attached hydrogens (primary N) is 1. The quantitative estimate of drug-likeness (QED) is 0.153. The molecule has 0 unspecified atom stereocenters. The van der Waals surface area contributed by atoms with E-state index in [-0.39, 0.29) is 28.9 Å². The van der Waals surface area contributed by atoms with Crippen molar-refractivity contribution >= 4 is 5.91 Å². The molecule has 0 aromatic rings. The van der Waals surface area contributed by atoms with Crippen molar-refractivity contribution in [3.8, 4) is 0 Å². The molecule has 4 rings (SSSR count). The second-order valence-electron chi connectivity index (χ2n) is 15.0. The van der Waals surface area contributed by atoms with Crippen molar-refractivity contribution in [3.05, 3.63) is 0 Å². The Morgan fingerprint density at radius 2 is 1.51 bits per heavy atom. The second-order valence-corrected chi connectivity index (χ2v) is 15.0. The van der Waals surface area contributed by atoms with Crippen LogP contribution in [0.2, 0.25) is 0 Å². The van der Waals surface area contributed by atoms with Crippen LogP contribution in [0.15, 0.2) is 0 Å². The third-order valence-corrected chi connectivity index (χ3v) is 12.6. The van der Waals surface area contributed by atoms with Crippen LogP contribution in [0, 0.1) is 46.3 Å². The third kappa shape index (κ3) is 7.87. The zero-order valence-electron chi connectivity index (χ0n) is 26.6. The van der Waals surface area contributed by atoms with Gasteiger partial charge in [0, 0.05) is 13.0 Å². The van der Waals surface area contributed by atoms with Gasteiger partial charge in [-0.1, -0.05) is 20.8 Å². The number of aliphatic hydroxyl groups excluding tert-OH is 2. The number of fused-ring (bicyclic) bond motifs is 5. The number of aliphatic hydroxyl groups is 2. The molecule has 41 heavy (non-hydrogen) atoms. The second kappa shape index (κ2) is 15.3. The van der Waals surface area contributed by atoms with Gasteiger partial charge in [-0.2, -0.15) is 0 Å². The van der Waals surface area contributed by atoms with Crippen molar-refractivity contribution in [1.82, 2.24) is 16.0 Å². The molecule has 0 aromatic carbocycles. The van der Waals surface area contributed by atoms with E-state index in [2.05, 4.69) is 36.7 Å². The highest BCUT2D eigenvalue weighted by Gasteiger charge is 2.62. The first kappa shape index (κ1) is 33.2. The van der Waals surface area contributed by atoms with Gasteiger partial charge >= 0.3 is 0 Å². The number of carbonyl (C=O) groups excluding carboxylic acids is 1. The largest absolute Gasteiger partial charge is 0.393 e. The molecule has 7 heteroatoms. The summed E-state index contributed by atoms with van der Waals surface area (Å²) in [6.45, 7) is 13.0. The number of rotatable bonds is 16. The Morgan fingerprint density at radius 1 is 0.854 bits per heavy atom. The summed E-state index contributed by atoms with van der Waals surface area (Å²) in [6, 6.07) is 0. The highest BCUT2D eigenvalue weighted by Crippen LogP contribution is 2.68. The number of nitrogens with one attached hydrogen (secondary N) is 3. The summed E-state index contributed by atoms with van der Waals surface area (Å²) >= 11 is 0. The molecule has 7 N–H and O–H groups in total. The molecule has 0 saturated heterocycles. The van der Waals surface area contributed by atoms with Crippen LogP contribution in [0.5, 0.6) is 0 Å². The topological polar surface area (TPSA) is 120 Å². The van der Waals surface area contributed by atoms with E-state index in [9.17, 15) is 15.0 Å². The fraction of sp³-hybridized carbons (Fsp3) is 0.971. The maximum Gasteiger partial charge on any atom is 0.220 e. The van der Waals surface area contributed by atoms with Crippen LogP contribution >= 0.6 is 0 Å². The molecule has 1 amide bonds. The summed E-state index contributed by atoms with van der Waals surface area (Å²) < 4.78 is 0. The first-order chi connectivity index (χ1) is 19.7. The lowest BCUT2D eigenvalue weighted by molar-refractivity contribution is -0.174. The van der Waals surface area contributed by atoms with E-state index >= 15 is 0 Å². The Labute approximate surface area is 250 Å². The highest BCUT2D eigenvalue weighted by atomic mass is 16.3. The smallest absolute Gasteiger partial charge is 0.220 e. The number of hydrogen-bond donors (Lipinski definition) is 6. The Morgan fingerprint density at radius 3 is 2.24 bits per heavy atom. The fourth-order valence-electron chi connectivity index (χ4n) is 10.2. The van der Waals surface area contributed by atoms with Gasteiger partial charge in [-0.15, -0.1) is 0 Å². The van der Waals surface area contributed by atoms with Crippen molar-refractivity contribution in [2.45, 2.75) is 123 Å². The molecule has 0 bridgehead atoms. The minimum atomic E-state index is -0.217. The lowest BCUT2D eigenvalue weighted by atomic mass is 9.43. The lowest BCUT2D eigenvalue weighted by Gasteiger charge is -2.62. The molecule has 0 aliphatic heterocycles. The molecule has 10 atom stereocenters. The number of amides is 1. The summed E-state index contributed by atoms with van der Waals surface area (Å²) in [5, 5.41) is 31.9. The Bertz CT molecular complexity index is 813. The monoisotopic (exact) mass is 576 g/mol. The SMILES string of the molecule is C[C@H](CCC(=O)NCCCNCCCCNCCCN)[C@H]1CC[C@H]2[C@@H]3[C@H](O)C[C@@H]4C[C@H](O)CC[C@]4(C)[C@H]3CC[C@]12C. The van der Waals surface area contributed by atoms with Gasteiger partial charge in [0.2, 0.25) is 5.91 Å². The molecular weight excluding hydrogens is 512 g/mol. The lowest BCUT2D eigenvalue weighted by Crippen LogP contribution is -2.58. The molecule has 4 fully saturated rings. The molecule has 4 saturated carbocycles. The van der Waals surface area contributed by atoms with Crippen LogP contribution in [-0.4, -0.2) is 67.6 Å². The first-order valence-electron chi connectivity index (χ1n) is 17.4. The van der Waals surface area contributed by atoms with Crippen molar-refractivity contribution in [3.63, 3.8) is 0 Å². The molecular formula is C34H64N4O3. The summed E-state index contributed by atoms with van der Waals surface area (Å²) in [6.07, 6.45) is 14.3. The molecule has 0 spiro atoms. The minimum absolute atomic E-state index is 0.175. The van der Waals surface area contributed by atoms with E-state index in [1.807, 2.05) is 0 Å². The summed E-state index contributed by atoms with van der Waals surface area (Å²) in [5.41, 5.74) is 6.07. The Balaban J connectivity index is 1.14. The third-order valence-electron chi connectivity index (χ3n) is 12.6. The fourth-order valence-corrected chi connectivity index (χ4v) is 10.2. The zero-order valence-corrected chi connectivity index (χ0v) is 26.6. The van der Waals surface area contributed by atoms with E-state index in [4.69, 9.17) is 5.73 Å². The highest BCUT2D eigenvalue weighted by molar-refractivity contribution is 5.75. The summed E-state index contributed by atoms with van der Waals surface area (Å²) in [4.78, 5) is 12.6. The minimum Gasteiger partial charge on any atom is -0.393 e. The number of hydrogen-bond acceptors (Lipinski definition) is 6. The predicted molar refractivity (Wildman–Crippen MR) is 167 cm³/mol. The molecule has 4 aliphatic carbocycles. The van der Waals surface area contributed by atoms with E-state index in [1.54, 1.807) is 0 Å². The normalized spacial score (nSPS) is 39.0. The molecule has 238 valence electrons. The van der Waals surface area contributed by atoms with Gasteiger partial charge in [-0.3, -0.25) is 4.79 Å². The maximum atomic E-state index is 12.6. The van der Waals surface area contributed by atoms with Crippen LogP contribution < -0.4 is 21.7 Å². The van der Waals surface area contributed by atoms with Crippen LogP contribution in [0.4, 0.5) is 0 Å². The molecule has 0 radical (unpaired) electrons. The van der Waals surface area contributed by atoms with E-state index in [0.717, 1.165) is 84.2 Å². The van der Waals surface area contributed by atoms with Crippen LogP contribution in [0.25, 0.3) is 0 Å². The Kier molecular flexibility index (Phi) is 12.4. The van der Waals surface area contributed by atoms with Gasteiger partial charge in [0.1, 0.15) is 0 Å². The molecule has 4 aliphatic rings. The zero-order chi connectivity index (χ0) is 29.5. The summed E-state index contributed by atoms with van der Waals surface area (Å²) in [7, 11) is 0. The van der Waals surface area contributed by atoms with E-state index < -0.39 is 0 Å². The number of unbranched alkanes of at least 4 members (excludes halogenated alkanes) is 1. The van der Waals surface area contributed by atoms with Gasteiger partial charge in [-0.05, 0) is 163 Å². The molecule has 0 heterocycles. The van der Waals surface area contributed by atoms with Gasteiger partial charge in [0.05, 0.1) is 12.2 Å². The maximum absolute atomic E-state index is 12.6. The van der Waals surface area contributed by atoms with E-state index in [1.165, 1.54) is 38.5 Å². The Hall–Kier alpha value is -0.730. The summed E-state index contributed by atoms with van der Waals surface area (Å²) in [5.74, 6) is 3.46. The van der Waals surface area contributed by atoms with Crippen LogP contribution in [0.1, 0.15) is 111 Å². The predicted octanol–water partition coefficient (Wildman–Crippen LogP) is 4.21. The van der Waals surface area contributed by atoms with Gasteiger partial charge in [0.15, 0.2) is 0 Å². The molecule has 7 nitrogen and oxygen atoms in total. The average molecular weight is 577 g/mol. The first-order valence-corrected chi connectivity index (χ1v) is 17.4. The van der Waals surface area contributed by atoms with E-state index in [0.29, 0.717) is 41.9 Å². The average Bonchev–Trinajstić information content (AvgIpc) is 3.30. The van der Waals surface area contributed by atoms with Crippen LogP contribution in [0.3, 0.4) is 0 Å². The van der Waals surface area contributed by atoms with Gasteiger partial charge in [-0.25, -0.2) is 0 Å². The number of carbonyl (C=O) groups is 1. The van der Waals surface area contributed by atoms with Crippen molar-refractivity contribution < 1.29 is 15.0 Å². The van der Waals surface area contributed by atoms with Crippen molar-refractivity contribution in [1.29, 1.82) is 0 Å². The standard InChI is InChI=1S/C34H64N4O3/c1-24(8-11-31(41)38-21-7-20-37-18-5-4-17-36-19-6-16-35)27-9-10-28-32-29(13-15-34(27,28)3)33(2)14-12-26(39)22-25(33)23-30(32)40/h24-30,32,36-37,39-40H,4-23,35H2,1-3H3,(H,38,41)/t24-,25+,26-,27-,28+,29+,30-,32+,33+,34-/m1/s1. The van der Waals surface area contributed by atoms with Gasteiger partial charge < -0.3 is 31.9 Å².